The molecule has 5 nitrogen and oxygen atoms in total. The number of non-ortho nitro benzene ring substituents is 1. The van der Waals surface area contributed by atoms with Crippen molar-refractivity contribution < 1.29 is 9.72 Å². The van der Waals surface area contributed by atoms with Crippen molar-refractivity contribution in [3.63, 3.8) is 0 Å². The van der Waals surface area contributed by atoms with E-state index in [4.69, 9.17) is 11.6 Å². The van der Waals surface area contributed by atoms with E-state index in [0.29, 0.717) is 6.54 Å². The highest BCUT2D eigenvalue weighted by Crippen LogP contribution is 2.22. The van der Waals surface area contributed by atoms with Gasteiger partial charge >= 0.3 is 0 Å². The minimum Gasteiger partial charge on any atom is -0.352 e. The number of rotatable bonds is 6. The fourth-order valence-corrected chi connectivity index (χ4v) is 2.76. The highest BCUT2D eigenvalue weighted by Gasteiger charge is 2.14. The molecule has 2 aromatic carbocycles. The number of aryl methyl sites for hydroxylation is 3. The van der Waals surface area contributed by atoms with Crippen LogP contribution in [0.2, 0.25) is 5.02 Å². The predicted molar refractivity (Wildman–Crippen MR) is 94.7 cm³/mol. The van der Waals surface area contributed by atoms with Crippen molar-refractivity contribution in [3.05, 3.63) is 73.8 Å². The average Bonchev–Trinajstić information content (AvgIpc) is 2.52. The molecular weight excluding hydrogens is 328 g/mol. The number of benzene rings is 2. The number of hydrogen-bond donors (Lipinski definition) is 1. The van der Waals surface area contributed by atoms with Gasteiger partial charge in [0.1, 0.15) is 0 Å². The molecule has 0 radical (unpaired) electrons. The van der Waals surface area contributed by atoms with E-state index < -0.39 is 4.92 Å². The summed E-state index contributed by atoms with van der Waals surface area (Å²) in [6.07, 6.45) is 1.68. The maximum absolute atomic E-state index is 12.1. The van der Waals surface area contributed by atoms with Gasteiger partial charge in [0.2, 0.25) is 0 Å². The number of amides is 1. The van der Waals surface area contributed by atoms with Crippen molar-refractivity contribution >= 4 is 23.2 Å². The zero-order valence-electron chi connectivity index (χ0n) is 13.6. The number of nitro benzene ring substituents is 1. The Bertz CT molecular complexity index is 775. The van der Waals surface area contributed by atoms with Gasteiger partial charge in [-0.25, -0.2) is 0 Å². The zero-order valence-corrected chi connectivity index (χ0v) is 14.4. The van der Waals surface area contributed by atoms with Gasteiger partial charge in [-0.3, -0.25) is 14.9 Å². The van der Waals surface area contributed by atoms with E-state index in [9.17, 15) is 14.9 Å². The van der Waals surface area contributed by atoms with Crippen LogP contribution in [-0.4, -0.2) is 17.4 Å². The second-order valence-electron chi connectivity index (χ2n) is 5.71. The number of nitro groups is 1. The van der Waals surface area contributed by atoms with E-state index in [1.165, 1.54) is 34.9 Å². The molecule has 6 heteroatoms. The fourth-order valence-electron chi connectivity index (χ4n) is 2.50. The molecule has 0 spiro atoms. The van der Waals surface area contributed by atoms with Crippen LogP contribution in [0.4, 0.5) is 5.69 Å². The van der Waals surface area contributed by atoms with E-state index in [1.54, 1.807) is 0 Å². The van der Waals surface area contributed by atoms with Gasteiger partial charge in [-0.2, -0.15) is 0 Å². The van der Waals surface area contributed by atoms with Crippen LogP contribution in [0.3, 0.4) is 0 Å². The molecule has 0 unspecified atom stereocenters. The minimum atomic E-state index is -0.544. The summed E-state index contributed by atoms with van der Waals surface area (Å²) >= 11 is 5.95. The lowest BCUT2D eigenvalue weighted by Crippen LogP contribution is -2.25. The highest BCUT2D eigenvalue weighted by atomic mass is 35.5. The molecule has 1 amide bonds. The average molecular weight is 347 g/mol. The van der Waals surface area contributed by atoms with E-state index in [0.717, 1.165) is 12.8 Å². The third-order valence-corrected chi connectivity index (χ3v) is 4.13. The maximum atomic E-state index is 12.1. The summed E-state index contributed by atoms with van der Waals surface area (Å²) in [5.74, 6) is -0.324. The first kappa shape index (κ1) is 17.9. The van der Waals surface area contributed by atoms with Crippen LogP contribution in [0.1, 0.15) is 33.5 Å². The van der Waals surface area contributed by atoms with Crippen LogP contribution in [0, 0.1) is 24.0 Å². The van der Waals surface area contributed by atoms with Gasteiger partial charge in [-0.05, 0) is 43.9 Å². The molecule has 2 aromatic rings. The smallest absolute Gasteiger partial charge is 0.270 e. The van der Waals surface area contributed by atoms with Gasteiger partial charge in [0, 0.05) is 18.7 Å². The Kier molecular flexibility index (Phi) is 5.93. The van der Waals surface area contributed by atoms with Crippen molar-refractivity contribution in [1.82, 2.24) is 5.32 Å². The Morgan fingerprint density at radius 2 is 1.96 bits per heavy atom. The summed E-state index contributed by atoms with van der Waals surface area (Å²) in [7, 11) is 0. The topological polar surface area (TPSA) is 72.2 Å². The van der Waals surface area contributed by atoms with Gasteiger partial charge < -0.3 is 5.32 Å². The molecular formula is C18H19ClN2O3. The number of nitrogens with one attached hydrogen (secondary N) is 1. The lowest BCUT2D eigenvalue weighted by molar-refractivity contribution is -0.384. The number of nitrogens with zero attached hydrogens (tertiary/aromatic N) is 1. The Labute approximate surface area is 145 Å². The molecule has 0 aliphatic carbocycles. The monoisotopic (exact) mass is 346 g/mol. The SMILES string of the molecule is Cc1ccc(CCCNC(=O)c2ccc([N+](=O)[O-])cc2Cl)c(C)c1. The largest absolute Gasteiger partial charge is 0.352 e. The van der Waals surface area contributed by atoms with E-state index in [1.807, 2.05) is 0 Å². The summed E-state index contributed by atoms with van der Waals surface area (Å²) in [6.45, 7) is 4.65. The van der Waals surface area contributed by atoms with Crippen LogP contribution in [-0.2, 0) is 6.42 Å². The quantitative estimate of drug-likeness (QED) is 0.483. The van der Waals surface area contributed by atoms with Gasteiger partial charge in [0.25, 0.3) is 11.6 Å². The molecule has 0 aromatic heterocycles. The van der Waals surface area contributed by atoms with E-state index >= 15 is 0 Å². The van der Waals surface area contributed by atoms with Crippen LogP contribution >= 0.6 is 11.6 Å². The number of hydrogen-bond acceptors (Lipinski definition) is 3. The van der Waals surface area contributed by atoms with Gasteiger partial charge in [0.15, 0.2) is 0 Å². The number of halogens is 1. The molecule has 126 valence electrons. The molecule has 0 aliphatic rings. The normalized spacial score (nSPS) is 10.5. The fraction of sp³-hybridized carbons (Fsp3) is 0.278. The zero-order chi connectivity index (χ0) is 17.7. The lowest BCUT2D eigenvalue weighted by atomic mass is 10.0. The Balaban J connectivity index is 1.88. The molecule has 0 atom stereocenters. The molecule has 2 rings (SSSR count). The van der Waals surface area contributed by atoms with E-state index in [2.05, 4.69) is 37.4 Å². The van der Waals surface area contributed by atoms with Gasteiger partial charge in [0.05, 0.1) is 15.5 Å². The third kappa shape index (κ3) is 4.55. The summed E-state index contributed by atoms with van der Waals surface area (Å²) in [4.78, 5) is 22.2. The Hall–Kier alpha value is -2.40. The van der Waals surface area contributed by atoms with Crippen LogP contribution in [0.25, 0.3) is 0 Å². The first-order chi connectivity index (χ1) is 11.4. The molecule has 0 saturated carbocycles. The number of carbonyl (C=O) groups is 1. The standard InChI is InChI=1S/C18H19ClN2O3/c1-12-5-6-14(13(2)10-12)4-3-9-20-18(22)16-8-7-15(21(23)24)11-17(16)19/h5-8,10-11H,3-4,9H2,1-2H3,(H,20,22). The van der Waals surface area contributed by atoms with Crippen LogP contribution < -0.4 is 5.32 Å². The van der Waals surface area contributed by atoms with Crippen molar-refractivity contribution in [2.75, 3.05) is 6.54 Å². The van der Waals surface area contributed by atoms with Crippen LogP contribution in [0.5, 0.6) is 0 Å². The molecule has 0 saturated heterocycles. The predicted octanol–water partition coefficient (Wildman–Crippen LogP) is 4.23. The maximum Gasteiger partial charge on any atom is 0.270 e. The second kappa shape index (κ2) is 7.93. The first-order valence-electron chi connectivity index (χ1n) is 7.67. The van der Waals surface area contributed by atoms with Crippen molar-refractivity contribution in [1.29, 1.82) is 0 Å². The molecule has 0 fully saturated rings. The molecule has 24 heavy (non-hydrogen) atoms. The first-order valence-corrected chi connectivity index (χ1v) is 8.04. The van der Waals surface area contributed by atoms with Crippen molar-refractivity contribution in [2.45, 2.75) is 26.7 Å². The van der Waals surface area contributed by atoms with E-state index in [-0.39, 0.29) is 22.2 Å². The van der Waals surface area contributed by atoms with Gasteiger partial charge in [-0.15, -0.1) is 0 Å². The number of carbonyl (C=O) groups excluding carboxylic acids is 1. The van der Waals surface area contributed by atoms with Crippen molar-refractivity contribution in [2.24, 2.45) is 0 Å². The molecule has 0 bridgehead atoms. The van der Waals surface area contributed by atoms with Crippen molar-refractivity contribution in [3.8, 4) is 0 Å². The lowest BCUT2D eigenvalue weighted by Gasteiger charge is -2.09. The molecule has 0 heterocycles. The molecule has 0 aliphatic heterocycles. The van der Waals surface area contributed by atoms with Gasteiger partial charge in [-0.1, -0.05) is 35.4 Å². The third-order valence-electron chi connectivity index (χ3n) is 3.81. The summed E-state index contributed by atoms with van der Waals surface area (Å²) in [5.41, 5.74) is 3.86. The summed E-state index contributed by atoms with van der Waals surface area (Å²) < 4.78 is 0. The Morgan fingerprint density at radius 3 is 2.58 bits per heavy atom. The minimum absolute atomic E-state index is 0.0797. The Morgan fingerprint density at radius 1 is 1.21 bits per heavy atom. The highest BCUT2D eigenvalue weighted by molar-refractivity contribution is 6.34. The molecule has 1 N–H and O–H groups in total. The summed E-state index contributed by atoms with van der Waals surface area (Å²) in [5, 5.41) is 13.6. The van der Waals surface area contributed by atoms with Crippen LogP contribution in [0.15, 0.2) is 36.4 Å². The summed E-state index contributed by atoms with van der Waals surface area (Å²) in [6, 6.07) is 10.2. The second-order valence-corrected chi connectivity index (χ2v) is 6.12.